The Labute approximate surface area is 136 Å². The molecule has 0 atom stereocenters. The number of aliphatic imine (C=N–C) groups is 1. The first-order valence-electron chi connectivity index (χ1n) is 6.08. The van der Waals surface area contributed by atoms with Crippen molar-refractivity contribution in [3.8, 4) is 11.5 Å². The molecular formula is C13H22IN3O3. The fourth-order valence-corrected chi connectivity index (χ4v) is 1.46. The topological polar surface area (TPSA) is 78.1 Å². The Hall–Kier alpha value is -1.22. The highest BCUT2D eigenvalue weighted by molar-refractivity contribution is 14.0. The van der Waals surface area contributed by atoms with Crippen molar-refractivity contribution in [3.05, 3.63) is 18.2 Å². The van der Waals surface area contributed by atoms with Crippen LogP contribution in [0.15, 0.2) is 23.2 Å². The van der Waals surface area contributed by atoms with Gasteiger partial charge in [-0.1, -0.05) is 0 Å². The number of halogens is 1. The Morgan fingerprint density at radius 2 is 2.05 bits per heavy atom. The minimum Gasteiger partial charge on any atom is -0.497 e. The highest BCUT2D eigenvalue weighted by Crippen LogP contribution is 2.28. The van der Waals surface area contributed by atoms with Crippen LogP contribution in [-0.4, -0.2) is 39.9 Å². The fraction of sp³-hybridized carbons (Fsp3) is 0.462. The molecule has 20 heavy (non-hydrogen) atoms. The molecule has 0 saturated carbocycles. The number of methoxy groups -OCH3 is 2. The average molecular weight is 395 g/mol. The van der Waals surface area contributed by atoms with Gasteiger partial charge < -0.3 is 25.3 Å². The number of anilines is 1. The zero-order valence-corrected chi connectivity index (χ0v) is 14.3. The van der Waals surface area contributed by atoms with E-state index in [4.69, 9.17) is 19.9 Å². The Kier molecular flexibility index (Phi) is 9.91. The highest BCUT2D eigenvalue weighted by Gasteiger charge is 2.05. The summed E-state index contributed by atoms with van der Waals surface area (Å²) in [6.45, 7) is 3.67. The van der Waals surface area contributed by atoms with E-state index in [2.05, 4.69) is 10.3 Å². The third-order valence-corrected chi connectivity index (χ3v) is 2.39. The van der Waals surface area contributed by atoms with Gasteiger partial charge in [0.2, 0.25) is 0 Å². The number of nitrogens with zero attached hydrogens (tertiary/aromatic N) is 1. The van der Waals surface area contributed by atoms with Gasteiger partial charge in [-0.25, -0.2) is 0 Å². The summed E-state index contributed by atoms with van der Waals surface area (Å²) >= 11 is 0. The molecule has 3 N–H and O–H groups in total. The second kappa shape index (κ2) is 10.6. The van der Waals surface area contributed by atoms with Gasteiger partial charge in [0.1, 0.15) is 11.5 Å². The summed E-state index contributed by atoms with van der Waals surface area (Å²) in [6.07, 6.45) is 0. The molecule has 0 heterocycles. The Morgan fingerprint density at radius 1 is 1.30 bits per heavy atom. The minimum absolute atomic E-state index is 0. The Bertz CT molecular complexity index is 427. The third-order valence-electron chi connectivity index (χ3n) is 2.39. The van der Waals surface area contributed by atoms with Gasteiger partial charge in [-0.2, -0.15) is 0 Å². The number of nitrogens with one attached hydrogen (secondary N) is 1. The van der Waals surface area contributed by atoms with Crippen LogP contribution in [0.5, 0.6) is 11.5 Å². The number of nitrogens with two attached hydrogens (primary N) is 1. The number of rotatable bonds is 7. The lowest BCUT2D eigenvalue weighted by molar-refractivity contribution is 0.156. The molecule has 6 nitrogen and oxygen atoms in total. The summed E-state index contributed by atoms with van der Waals surface area (Å²) in [5, 5.41) is 2.98. The van der Waals surface area contributed by atoms with Crippen LogP contribution in [0.2, 0.25) is 0 Å². The molecule has 0 bridgehead atoms. The molecule has 0 saturated heterocycles. The lowest BCUT2D eigenvalue weighted by atomic mass is 10.2. The van der Waals surface area contributed by atoms with Gasteiger partial charge >= 0.3 is 0 Å². The second-order valence-corrected chi connectivity index (χ2v) is 3.66. The molecule has 1 rings (SSSR count). The smallest absolute Gasteiger partial charge is 0.193 e. The molecule has 0 aromatic heterocycles. The molecule has 7 heteroatoms. The van der Waals surface area contributed by atoms with Crippen LogP contribution in [-0.2, 0) is 4.74 Å². The Morgan fingerprint density at radius 3 is 2.65 bits per heavy atom. The molecule has 0 unspecified atom stereocenters. The molecule has 0 radical (unpaired) electrons. The van der Waals surface area contributed by atoms with Crippen molar-refractivity contribution in [2.45, 2.75) is 6.92 Å². The van der Waals surface area contributed by atoms with E-state index in [1.807, 2.05) is 13.0 Å². The molecule has 1 aromatic carbocycles. The van der Waals surface area contributed by atoms with E-state index in [1.54, 1.807) is 26.4 Å². The van der Waals surface area contributed by atoms with Crippen LogP contribution < -0.4 is 20.5 Å². The molecule has 0 aliphatic carbocycles. The largest absolute Gasteiger partial charge is 0.497 e. The van der Waals surface area contributed by atoms with Crippen molar-refractivity contribution in [1.82, 2.24) is 0 Å². The average Bonchev–Trinajstić information content (AvgIpc) is 2.43. The lowest BCUT2D eigenvalue weighted by Crippen LogP contribution is -2.23. The SMILES string of the molecule is CCOCCN=C(N)Nc1cc(OC)ccc1OC.I. The zero-order chi connectivity index (χ0) is 14.1. The first-order chi connectivity index (χ1) is 9.21. The van der Waals surface area contributed by atoms with Crippen molar-refractivity contribution >= 4 is 35.6 Å². The number of benzene rings is 1. The van der Waals surface area contributed by atoms with Crippen molar-refractivity contribution in [1.29, 1.82) is 0 Å². The maximum absolute atomic E-state index is 5.79. The van der Waals surface area contributed by atoms with E-state index >= 15 is 0 Å². The number of hydrogen-bond donors (Lipinski definition) is 2. The van der Waals surface area contributed by atoms with Crippen molar-refractivity contribution in [2.24, 2.45) is 10.7 Å². The first kappa shape index (κ1) is 18.8. The summed E-state index contributed by atoms with van der Waals surface area (Å²) in [5.74, 6) is 1.69. The summed E-state index contributed by atoms with van der Waals surface area (Å²) in [7, 11) is 3.19. The number of ether oxygens (including phenoxy) is 3. The van der Waals surface area contributed by atoms with E-state index in [0.29, 0.717) is 42.9 Å². The summed E-state index contributed by atoms with van der Waals surface area (Å²) in [4.78, 5) is 4.15. The van der Waals surface area contributed by atoms with Crippen LogP contribution in [0, 0.1) is 0 Å². The van der Waals surface area contributed by atoms with Gasteiger partial charge in [-0.15, -0.1) is 24.0 Å². The van der Waals surface area contributed by atoms with E-state index < -0.39 is 0 Å². The minimum atomic E-state index is 0. The maximum Gasteiger partial charge on any atom is 0.193 e. The molecule has 0 fully saturated rings. The van der Waals surface area contributed by atoms with Crippen LogP contribution in [0.25, 0.3) is 0 Å². The van der Waals surface area contributed by atoms with Gasteiger partial charge in [-0.05, 0) is 19.1 Å². The van der Waals surface area contributed by atoms with Gasteiger partial charge in [0, 0.05) is 12.7 Å². The standard InChI is InChI=1S/C13H21N3O3.HI/c1-4-19-8-7-15-13(14)16-11-9-10(17-2)5-6-12(11)18-3;/h5-6,9H,4,7-8H2,1-3H3,(H3,14,15,16);1H. The zero-order valence-electron chi connectivity index (χ0n) is 12.0. The molecule has 1 aromatic rings. The normalized spacial score (nSPS) is 10.7. The Balaban J connectivity index is 0.00000361. The summed E-state index contributed by atoms with van der Waals surface area (Å²) in [5.41, 5.74) is 6.50. The molecule has 0 aliphatic heterocycles. The second-order valence-electron chi connectivity index (χ2n) is 3.66. The molecule has 0 amide bonds. The van der Waals surface area contributed by atoms with Gasteiger partial charge in [0.15, 0.2) is 5.96 Å². The molecule has 0 aliphatic rings. The number of hydrogen-bond acceptors (Lipinski definition) is 4. The van der Waals surface area contributed by atoms with Gasteiger partial charge in [0.05, 0.1) is 33.1 Å². The maximum atomic E-state index is 5.79. The van der Waals surface area contributed by atoms with Crippen LogP contribution in [0.4, 0.5) is 5.69 Å². The fourth-order valence-electron chi connectivity index (χ4n) is 1.46. The van der Waals surface area contributed by atoms with Gasteiger partial charge in [-0.3, -0.25) is 4.99 Å². The highest BCUT2D eigenvalue weighted by atomic mass is 127. The number of guanidine groups is 1. The molecular weight excluding hydrogens is 373 g/mol. The predicted octanol–water partition coefficient (Wildman–Crippen LogP) is 2.08. The van der Waals surface area contributed by atoms with Crippen LogP contribution >= 0.6 is 24.0 Å². The molecule has 0 spiro atoms. The predicted molar refractivity (Wildman–Crippen MR) is 91.6 cm³/mol. The summed E-state index contributed by atoms with van der Waals surface area (Å²) < 4.78 is 15.6. The first-order valence-corrected chi connectivity index (χ1v) is 6.08. The third kappa shape index (κ3) is 6.29. The lowest BCUT2D eigenvalue weighted by Gasteiger charge is -2.12. The van der Waals surface area contributed by atoms with E-state index in [1.165, 1.54) is 0 Å². The summed E-state index contributed by atoms with van der Waals surface area (Å²) in [6, 6.07) is 5.41. The van der Waals surface area contributed by atoms with E-state index in [0.717, 1.165) is 0 Å². The quantitative estimate of drug-likeness (QED) is 0.320. The van der Waals surface area contributed by atoms with Crippen molar-refractivity contribution in [2.75, 3.05) is 39.3 Å². The van der Waals surface area contributed by atoms with Crippen molar-refractivity contribution < 1.29 is 14.2 Å². The monoisotopic (exact) mass is 395 g/mol. The van der Waals surface area contributed by atoms with Crippen LogP contribution in [0.1, 0.15) is 6.92 Å². The van der Waals surface area contributed by atoms with E-state index in [9.17, 15) is 0 Å². The van der Waals surface area contributed by atoms with E-state index in [-0.39, 0.29) is 24.0 Å². The van der Waals surface area contributed by atoms with Crippen molar-refractivity contribution in [3.63, 3.8) is 0 Å². The van der Waals surface area contributed by atoms with Crippen LogP contribution in [0.3, 0.4) is 0 Å². The van der Waals surface area contributed by atoms with Gasteiger partial charge in [0.25, 0.3) is 0 Å². The molecule has 114 valence electrons.